The van der Waals surface area contributed by atoms with E-state index >= 15 is 0 Å². The highest BCUT2D eigenvalue weighted by atomic mass is 15.3. The number of aryl methyl sites for hydroxylation is 1. The van der Waals surface area contributed by atoms with Crippen LogP contribution in [0.3, 0.4) is 0 Å². The molecule has 3 heterocycles. The molecule has 0 spiro atoms. The van der Waals surface area contributed by atoms with Crippen molar-refractivity contribution in [1.82, 2.24) is 19.7 Å². The minimum atomic E-state index is 0.681. The van der Waals surface area contributed by atoms with Crippen LogP contribution in [0.25, 0.3) is 11.0 Å². The van der Waals surface area contributed by atoms with Gasteiger partial charge in [0.15, 0.2) is 5.65 Å². The zero-order chi connectivity index (χ0) is 13.2. The second-order valence-electron chi connectivity index (χ2n) is 5.23. The fourth-order valence-corrected chi connectivity index (χ4v) is 2.93. The number of nitrogens with zero attached hydrogens (tertiary/aromatic N) is 5. The van der Waals surface area contributed by atoms with Crippen molar-refractivity contribution >= 4 is 16.9 Å². The van der Waals surface area contributed by atoms with E-state index in [9.17, 15) is 0 Å². The number of hydrogen-bond donors (Lipinski definition) is 1. The predicted octanol–water partition coefficient (Wildman–Crippen LogP) is 0.929. The van der Waals surface area contributed by atoms with Crippen LogP contribution >= 0.6 is 0 Å². The van der Waals surface area contributed by atoms with E-state index in [1.807, 2.05) is 13.2 Å². The van der Waals surface area contributed by atoms with Gasteiger partial charge in [-0.3, -0.25) is 4.68 Å². The molecule has 2 aromatic rings. The van der Waals surface area contributed by atoms with Crippen LogP contribution in [0.2, 0.25) is 0 Å². The Kier molecular flexibility index (Phi) is 3.33. The normalized spacial score (nSPS) is 20.1. The van der Waals surface area contributed by atoms with Gasteiger partial charge in [-0.25, -0.2) is 9.97 Å². The van der Waals surface area contributed by atoms with Crippen LogP contribution in [0, 0.1) is 5.92 Å². The minimum absolute atomic E-state index is 0.681. The van der Waals surface area contributed by atoms with Crippen LogP contribution < -0.4 is 10.6 Å². The van der Waals surface area contributed by atoms with Gasteiger partial charge in [0.1, 0.15) is 12.1 Å². The first-order chi connectivity index (χ1) is 9.29. The molecule has 2 N–H and O–H groups in total. The Balaban J connectivity index is 1.91. The molecule has 1 aliphatic rings. The highest BCUT2D eigenvalue weighted by Gasteiger charge is 2.22. The van der Waals surface area contributed by atoms with Gasteiger partial charge in [0, 0.05) is 20.1 Å². The largest absolute Gasteiger partial charge is 0.356 e. The maximum absolute atomic E-state index is 5.68. The first-order valence-electron chi connectivity index (χ1n) is 6.87. The first kappa shape index (κ1) is 12.3. The minimum Gasteiger partial charge on any atom is -0.356 e. The van der Waals surface area contributed by atoms with Gasteiger partial charge in [-0.2, -0.15) is 5.10 Å². The predicted molar refractivity (Wildman–Crippen MR) is 74.9 cm³/mol. The average molecular weight is 260 g/mol. The smallest absolute Gasteiger partial charge is 0.163 e. The van der Waals surface area contributed by atoms with E-state index in [1.165, 1.54) is 12.8 Å². The number of piperidine rings is 1. The molecule has 1 unspecified atom stereocenters. The molecule has 102 valence electrons. The molecule has 6 nitrogen and oxygen atoms in total. The third-order valence-electron chi connectivity index (χ3n) is 3.90. The van der Waals surface area contributed by atoms with Crippen LogP contribution in [0.15, 0.2) is 12.5 Å². The summed E-state index contributed by atoms with van der Waals surface area (Å²) < 4.78 is 1.79. The van der Waals surface area contributed by atoms with E-state index in [0.717, 1.165) is 42.9 Å². The summed E-state index contributed by atoms with van der Waals surface area (Å²) in [4.78, 5) is 11.1. The molecule has 0 saturated carbocycles. The van der Waals surface area contributed by atoms with E-state index in [2.05, 4.69) is 20.0 Å². The van der Waals surface area contributed by atoms with Gasteiger partial charge < -0.3 is 10.6 Å². The summed E-state index contributed by atoms with van der Waals surface area (Å²) in [5.74, 6) is 1.69. The fraction of sp³-hybridized carbons (Fsp3) is 0.615. The Morgan fingerprint density at radius 1 is 1.42 bits per heavy atom. The standard InChI is InChI=1S/C13H20N6/c1-18-12-11(7-17-18)13(16-9-15-12)19-6-2-3-10(8-19)4-5-14/h7,9-10H,2-6,8,14H2,1H3. The molecule has 1 aliphatic heterocycles. The number of anilines is 1. The molecule has 0 radical (unpaired) electrons. The van der Waals surface area contributed by atoms with Gasteiger partial charge in [-0.15, -0.1) is 0 Å². The van der Waals surface area contributed by atoms with Crippen molar-refractivity contribution in [1.29, 1.82) is 0 Å². The van der Waals surface area contributed by atoms with Gasteiger partial charge in [0.25, 0.3) is 0 Å². The van der Waals surface area contributed by atoms with Crippen molar-refractivity contribution in [3.8, 4) is 0 Å². The number of hydrogen-bond acceptors (Lipinski definition) is 5. The summed E-state index contributed by atoms with van der Waals surface area (Å²) in [6, 6.07) is 0. The summed E-state index contributed by atoms with van der Waals surface area (Å²) in [6.45, 7) is 2.87. The lowest BCUT2D eigenvalue weighted by Crippen LogP contribution is -2.36. The summed E-state index contributed by atoms with van der Waals surface area (Å²) in [5.41, 5.74) is 6.57. The molecule has 2 aromatic heterocycles. The van der Waals surface area contributed by atoms with Crippen LogP contribution in [0.1, 0.15) is 19.3 Å². The Bertz CT molecular complexity index is 561. The second-order valence-corrected chi connectivity index (χ2v) is 5.23. The third kappa shape index (κ3) is 2.28. The van der Waals surface area contributed by atoms with Crippen LogP contribution in [0.4, 0.5) is 5.82 Å². The Hall–Kier alpha value is -1.69. The van der Waals surface area contributed by atoms with Gasteiger partial charge >= 0.3 is 0 Å². The molecule has 6 heteroatoms. The van der Waals surface area contributed by atoms with E-state index in [4.69, 9.17) is 5.73 Å². The first-order valence-corrected chi connectivity index (χ1v) is 6.87. The summed E-state index contributed by atoms with van der Waals surface area (Å²) in [6.07, 6.45) is 7.06. The zero-order valence-electron chi connectivity index (χ0n) is 11.3. The molecule has 0 amide bonds. The Morgan fingerprint density at radius 2 is 2.32 bits per heavy atom. The number of aromatic nitrogens is 4. The van der Waals surface area contributed by atoms with Crippen LogP contribution in [0.5, 0.6) is 0 Å². The highest BCUT2D eigenvalue weighted by molar-refractivity contribution is 5.86. The maximum Gasteiger partial charge on any atom is 0.163 e. The quantitative estimate of drug-likeness (QED) is 0.888. The fourth-order valence-electron chi connectivity index (χ4n) is 2.93. The lowest BCUT2D eigenvalue weighted by Gasteiger charge is -2.33. The van der Waals surface area contributed by atoms with Crippen LogP contribution in [-0.4, -0.2) is 39.4 Å². The van der Waals surface area contributed by atoms with E-state index in [-0.39, 0.29) is 0 Å². The molecular formula is C13H20N6. The van der Waals surface area contributed by atoms with E-state index < -0.39 is 0 Å². The van der Waals surface area contributed by atoms with Crippen molar-refractivity contribution in [2.45, 2.75) is 19.3 Å². The van der Waals surface area contributed by atoms with E-state index in [1.54, 1.807) is 11.0 Å². The number of nitrogens with two attached hydrogens (primary N) is 1. The highest BCUT2D eigenvalue weighted by Crippen LogP contribution is 2.27. The molecule has 0 aliphatic carbocycles. The van der Waals surface area contributed by atoms with Crippen LogP contribution in [-0.2, 0) is 7.05 Å². The number of rotatable bonds is 3. The zero-order valence-corrected chi connectivity index (χ0v) is 11.3. The van der Waals surface area contributed by atoms with Crippen molar-refractivity contribution in [3.63, 3.8) is 0 Å². The lowest BCUT2D eigenvalue weighted by atomic mass is 9.95. The molecule has 1 atom stereocenters. The molecule has 19 heavy (non-hydrogen) atoms. The SMILES string of the molecule is Cn1ncc2c(N3CCCC(CCN)C3)ncnc21. The third-order valence-corrected chi connectivity index (χ3v) is 3.90. The van der Waals surface area contributed by atoms with Gasteiger partial charge in [-0.1, -0.05) is 0 Å². The van der Waals surface area contributed by atoms with Crippen molar-refractivity contribution < 1.29 is 0 Å². The van der Waals surface area contributed by atoms with Crippen molar-refractivity contribution in [2.75, 3.05) is 24.5 Å². The molecule has 0 aromatic carbocycles. The Morgan fingerprint density at radius 3 is 3.16 bits per heavy atom. The number of fused-ring (bicyclic) bond motifs is 1. The molecule has 0 bridgehead atoms. The Labute approximate surface area is 112 Å². The monoisotopic (exact) mass is 260 g/mol. The van der Waals surface area contributed by atoms with Gasteiger partial charge in [0.05, 0.1) is 11.6 Å². The topological polar surface area (TPSA) is 72.9 Å². The lowest BCUT2D eigenvalue weighted by molar-refractivity contribution is 0.395. The summed E-state index contributed by atoms with van der Waals surface area (Å²) >= 11 is 0. The van der Waals surface area contributed by atoms with Gasteiger partial charge in [0.2, 0.25) is 0 Å². The molecular weight excluding hydrogens is 240 g/mol. The van der Waals surface area contributed by atoms with Gasteiger partial charge in [-0.05, 0) is 31.7 Å². The van der Waals surface area contributed by atoms with Crippen molar-refractivity contribution in [3.05, 3.63) is 12.5 Å². The summed E-state index contributed by atoms with van der Waals surface area (Å²) in [7, 11) is 1.91. The second kappa shape index (κ2) is 5.13. The van der Waals surface area contributed by atoms with Crippen molar-refractivity contribution in [2.24, 2.45) is 18.7 Å². The molecule has 1 fully saturated rings. The summed E-state index contributed by atoms with van der Waals surface area (Å²) in [5, 5.41) is 5.31. The molecule has 1 saturated heterocycles. The maximum atomic E-state index is 5.68. The average Bonchev–Trinajstić information content (AvgIpc) is 2.81. The van der Waals surface area contributed by atoms with E-state index in [0.29, 0.717) is 5.92 Å². The molecule has 3 rings (SSSR count).